The Morgan fingerprint density at radius 1 is 1.18 bits per heavy atom. The fourth-order valence-electron chi connectivity index (χ4n) is 4.48. The molecular formula is C17H16BrNO3. The zero-order valence-electron chi connectivity index (χ0n) is 11.8. The van der Waals surface area contributed by atoms with Gasteiger partial charge in [-0.15, -0.1) is 0 Å². The summed E-state index contributed by atoms with van der Waals surface area (Å²) in [6, 6.07) is 7.37. The summed E-state index contributed by atoms with van der Waals surface area (Å²) in [5, 5.41) is 12.5. The number of anilines is 1. The van der Waals surface area contributed by atoms with Crippen LogP contribution in [0.5, 0.6) is 0 Å². The first-order valence-electron chi connectivity index (χ1n) is 7.50. The third-order valence-electron chi connectivity index (χ3n) is 5.52. The van der Waals surface area contributed by atoms with E-state index < -0.39 is 17.8 Å². The minimum Gasteiger partial charge on any atom is -0.481 e. The van der Waals surface area contributed by atoms with Gasteiger partial charge in [0.15, 0.2) is 0 Å². The lowest BCUT2D eigenvalue weighted by atomic mass is 9.82. The van der Waals surface area contributed by atoms with Crippen LogP contribution in [-0.2, 0) is 9.59 Å². The number of carboxylic acid groups (broad SMARTS) is 1. The molecule has 4 rings (SSSR count). The minimum atomic E-state index is -0.850. The van der Waals surface area contributed by atoms with Gasteiger partial charge in [-0.25, -0.2) is 0 Å². The summed E-state index contributed by atoms with van der Waals surface area (Å²) in [6.45, 7) is 0. The Bertz CT molecular complexity index is 695. The van der Waals surface area contributed by atoms with Crippen LogP contribution in [0.15, 0.2) is 40.9 Å². The van der Waals surface area contributed by atoms with Gasteiger partial charge in [0.2, 0.25) is 5.91 Å². The summed E-state index contributed by atoms with van der Waals surface area (Å²) in [7, 11) is 0. The molecule has 2 N–H and O–H groups in total. The second-order valence-corrected chi connectivity index (χ2v) is 7.47. The number of carbonyl (C=O) groups is 2. The maximum atomic E-state index is 12.7. The number of aliphatic carboxylic acids is 1. The van der Waals surface area contributed by atoms with E-state index in [0.717, 1.165) is 17.3 Å². The highest BCUT2D eigenvalue weighted by molar-refractivity contribution is 9.10. The average Bonchev–Trinajstić information content (AvgIpc) is 3.12. The van der Waals surface area contributed by atoms with Crippen LogP contribution in [0.3, 0.4) is 0 Å². The Morgan fingerprint density at radius 2 is 1.86 bits per heavy atom. The molecule has 1 aromatic rings. The minimum absolute atomic E-state index is 0.0215. The summed E-state index contributed by atoms with van der Waals surface area (Å²) in [4.78, 5) is 24.4. The molecule has 4 nitrogen and oxygen atoms in total. The Morgan fingerprint density at radius 3 is 2.45 bits per heavy atom. The van der Waals surface area contributed by atoms with E-state index >= 15 is 0 Å². The van der Waals surface area contributed by atoms with Crippen molar-refractivity contribution in [3.05, 3.63) is 40.9 Å². The number of benzene rings is 1. The molecule has 1 aromatic carbocycles. The van der Waals surface area contributed by atoms with Crippen LogP contribution in [0.4, 0.5) is 5.69 Å². The Balaban J connectivity index is 1.62. The van der Waals surface area contributed by atoms with Gasteiger partial charge in [0.25, 0.3) is 0 Å². The monoisotopic (exact) mass is 361 g/mol. The first-order chi connectivity index (χ1) is 10.5. The lowest BCUT2D eigenvalue weighted by Crippen LogP contribution is -2.36. The van der Waals surface area contributed by atoms with E-state index in [1.807, 2.05) is 30.3 Å². The summed E-state index contributed by atoms with van der Waals surface area (Å²) < 4.78 is 0.881. The zero-order chi connectivity index (χ0) is 15.5. The van der Waals surface area contributed by atoms with E-state index in [1.54, 1.807) is 0 Å². The second kappa shape index (κ2) is 4.69. The molecule has 1 spiro atoms. The van der Waals surface area contributed by atoms with Crippen LogP contribution in [0.1, 0.15) is 12.8 Å². The van der Waals surface area contributed by atoms with Gasteiger partial charge in [0.05, 0.1) is 11.8 Å². The number of hydrogen-bond acceptors (Lipinski definition) is 2. The molecule has 5 heteroatoms. The van der Waals surface area contributed by atoms with E-state index in [4.69, 9.17) is 0 Å². The topological polar surface area (TPSA) is 66.4 Å². The van der Waals surface area contributed by atoms with Crippen LogP contribution in [0.2, 0.25) is 0 Å². The van der Waals surface area contributed by atoms with Crippen molar-refractivity contribution in [1.82, 2.24) is 0 Å². The molecular weight excluding hydrogens is 346 g/mol. The normalized spacial score (nSPS) is 33.1. The summed E-state index contributed by atoms with van der Waals surface area (Å²) in [6.07, 6.45) is 6.18. The van der Waals surface area contributed by atoms with E-state index in [9.17, 15) is 14.7 Å². The molecule has 2 fully saturated rings. The highest BCUT2D eigenvalue weighted by Crippen LogP contribution is 2.72. The molecule has 4 atom stereocenters. The maximum absolute atomic E-state index is 12.7. The molecule has 0 unspecified atom stereocenters. The van der Waals surface area contributed by atoms with Crippen LogP contribution in [-0.4, -0.2) is 17.0 Å². The fraction of sp³-hybridized carbons (Fsp3) is 0.412. The lowest BCUT2D eigenvalue weighted by molar-refractivity contribution is -0.146. The molecule has 22 heavy (non-hydrogen) atoms. The van der Waals surface area contributed by atoms with Crippen LogP contribution in [0, 0.1) is 29.1 Å². The van der Waals surface area contributed by atoms with Crippen molar-refractivity contribution in [2.24, 2.45) is 29.1 Å². The number of allylic oxidation sites excluding steroid dienone is 2. The van der Waals surface area contributed by atoms with Crippen molar-refractivity contribution >= 4 is 33.5 Å². The molecule has 1 amide bonds. The molecule has 0 heterocycles. The highest BCUT2D eigenvalue weighted by atomic mass is 79.9. The molecule has 0 saturated heterocycles. The molecule has 114 valence electrons. The predicted octanol–water partition coefficient (Wildman–Crippen LogP) is 3.30. The van der Waals surface area contributed by atoms with Crippen molar-refractivity contribution in [3.63, 3.8) is 0 Å². The number of carboxylic acids is 1. The number of amides is 1. The largest absolute Gasteiger partial charge is 0.481 e. The van der Waals surface area contributed by atoms with E-state index in [2.05, 4.69) is 27.3 Å². The molecule has 2 bridgehead atoms. The second-order valence-electron chi connectivity index (χ2n) is 6.56. The summed E-state index contributed by atoms with van der Waals surface area (Å²) >= 11 is 3.37. The van der Waals surface area contributed by atoms with Crippen molar-refractivity contribution in [2.75, 3.05) is 5.32 Å². The van der Waals surface area contributed by atoms with Crippen LogP contribution in [0.25, 0.3) is 0 Å². The van der Waals surface area contributed by atoms with Crippen molar-refractivity contribution in [2.45, 2.75) is 12.8 Å². The number of halogens is 1. The van der Waals surface area contributed by atoms with Crippen LogP contribution < -0.4 is 5.32 Å². The lowest BCUT2D eigenvalue weighted by Gasteiger charge is -2.23. The van der Waals surface area contributed by atoms with Gasteiger partial charge >= 0.3 is 5.97 Å². The fourth-order valence-corrected chi connectivity index (χ4v) is 4.88. The van der Waals surface area contributed by atoms with Gasteiger partial charge in [-0.2, -0.15) is 0 Å². The van der Waals surface area contributed by atoms with Crippen LogP contribution >= 0.6 is 15.9 Å². The van der Waals surface area contributed by atoms with Gasteiger partial charge in [-0.3, -0.25) is 9.59 Å². The van der Waals surface area contributed by atoms with Crippen molar-refractivity contribution in [1.29, 1.82) is 0 Å². The van der Waals surface area contributed by atoms with Gasteiger partial charge in [-0.05, 0) is 48.3 Å². The number of carbonyl (C=O) groups excluding carboxylic acids is 1. The quantitative estimate of drug-likeness (QED) is 0.811. The average molecular weight is 362 g/mol. The zero-order valence-corrected chi connectivity index (χ0v) is 13.4. The molecule has 2 saturated carbocycles. The number of nitrogens with one attached hydrogen (secondary N) is 1. The van der Waals surface area contributed by atoms with Crippen molar-refractivity contribution < 1.29 is 14.7 Å². The SMILES string of the molecule is O=C(O)[C@@H]1[C@H](C(=O)Nc2cccc(Br)c2)[C@H]2C=C[C@@H]1C21CC1. The Hall–Kier alpha value is -1.62. The van der Waals surface area contributed by atoms with Gasteiger partial charge in [0, 0.05) is 10.2 Å². The third-order valence-corrected chi connectivity index (χ3v) is 6.01. The van der Waals surface area contributed by atoms with E-state index in [-0.39, 0.29) is 23.2 Å². The first kappa shape index (κ1) is 14.0. The number of hydrogen-bond donors (Lipinski definition) is 2. The van der Waals surface area contributed by atoms with E-state index in [0.29, 0.717) is 5.69 Å². The maximum Gasteiger partial charge on any atom is 0.307 e. The molecule has 3 aliphatic rings. The predicted molar refractivity (Wildman–Crippen MR) is 85.2 cm³/mol. The summed E-state index contributed by atoms with van der Waals surface area (Å²) in [5.74, 6) is -1.98. The van der Waals surface area contributed by atoms with Gasteiger partial charge in [0.1, 0.15) is 0 Å². The smallest absolute Gasteiger partial charge is 0.307 e. The van der Waals surface area contributed by atoms with Crippen molar-refractivity contribution in [3.8, 4) is 0 Å². The molecule has 3 aliphatic carbocycles. The number of rotatable bonds is 3. The standard InChI is InChI=1S/C17H16BrNO3/c18-9-2-1-3-10(8-9)19-15(20)13-11-4-5-12(14(13)16(21)22)17(11)6-7-17/h1-5,8,11-14H,6-7H2,(H,19,20)(H,21,22)/t11-,12+,13-,14+/m1/s1. The Kier molecular flexibility index (Phi) is 2.98. The molecule has 0 radical (unpaired) electrons. The van der Waals surface area contributed by atoms with Gasteiger partial charge < -0.3 is 10.4 Å². The van der Waals surface area contributed by atoms with Gasteiger partial charge in [-0.1, -0.05) is 34.1 Å². The summed E-state index contributed by atoms with van der Waals surface area (Å²) in [5.41, 5.74) is 0.752. The molecule has 0 aliphatic heterocycles. The Labute approximate surface area is 136 Å². The first-order valence-corrected chi connectivity index (χ1v) is 8.30. The highest BCUT2D eigenvalue weighted by Gasteiger charge is 2.70. The molecule has 0 aromatic heterocycles. The van der Waals surface area contributed by atoms with E-state index in [1.165, 1.54) is 0 Å². The third kappa shape index (κ3) is 1.88.